The van der Waals surface area contributed by atoms with Crippen LogP contribution in [0.15, 0.2) is 84.8 Å². The molecule has 0 atom stereocenters. The van der Waals surface area contributed by atoms with Gasteiger partial charge in [0.05, 0.1) is 16.3 Å². The van der Waals surface area contributed by atoms with E-state index in [2.05, 4.69) is 20.5 Å². The van der Waals surface area contributed by atoms with Gasteiger partial charge in [0.15, 0.2) is 0 Å². The van der Waals surface area contributed by atoms with E-state index in [0.29, 0.717) is 16.5 Å². The van der Waals surface area contributed by atoms with Crippen molar-refractivity contribution in [3.05, 3.63) is 76.9 Å². The molecule has 0 bridgehead atoms. The molecule has 0 aliphatic carbocycles. The van der Waals surface area contributed by atoms with Gasteiger partial charge in [0.25, 0.3) is 10.1 Å². The van der Waals surface area contributed by atoms with Gasteiger partial charge in [0.2, 0.25) is 0 Å². The van der Waals surface area contributed by atoms with E-state index >= 15 is 0 Å². The van der Waals surface area contributed by atoms with Crippen molar-refractivity contribution in [3.8, 4) is 5.75 Å². The van der Waals surface area contributed by atoms with E-state index in [1.54, 1.807) is 50.2 Å². The first-order valence-electron chi connectivity index (χ1n) is 11.4. The average molecular weight is 613 g/mol. The second kappa shape index (κ2) is 13.5. The molecule has 0 saturated heterocycles. The summed E-state index contributed by atoms with van der Waals surface area (Å²) < 4.78 is 70.3. The van der Waals surface area contributed by atoms with Gasteiger partial charge >= 0.3 is 59.1 Å². The monoisotopic (exact) mass is 612 g/mol. The third kappa shape index (κ3) is 7.68. The molecule has 0 spiro atoms. The smallest absolute Gasteiger partial charge is 0.871 e. The minimum atomic E-state index is -4.88. The van der Waals surface area contributed by atoms with Crippen LogP contribution in [0.3, 0.4) is 0 Å². The van der Waals surface area contributed by atoms with Crippen molar-refractivity contribution >= 4 is 53.8 Å². The molecule has 0 amide bonds. The van der Waals surface area contributed by atoms with Crippen molar-refractivity contribution in [2.24, 2.45) is 20.5 Å². The van der Waals surface area contributed by atoms with Crippen molar-refractivity contribution in [1.82, 2.24) is 0 Å². The van der Waals surface area contributed by atoms with Gasteiger partial charge in [-0.05, 0) is 67.5 Å². The van der Waals surface area contributed by atoms with Gasteiger partial charge < -0.3 is 9.66 Å². The number of hydrogen-bond acceptors (Lipinski definition) is 10. The molecule has 4 rings (SSSR count). The molecule has 0 aliphatic heterocycles. The Balaban J connectivity index is 0.00000294. The topological polar surface area (TPSA) is 184 Å². The summed E-state index contributed by atoms with van der Waals surface area (Å²) in [7, 11) is -9.76. The molecular weight excluding hydrogens is 590 g/mol. The zero-order valence-corrected chi connectivity index (χ0v) is 28.8. The molecule has 0 aromatic heterocycles. The Kier molecular flexibility index (Phi) is 11.6. The number of benzene rings is 4. The van der Waals surface area contributed by atoms with Gasteiger partial charge in [0.1, 0.15) is 26.4 Å². The summed E-state index contributed by atoms with van der Waals surface area (Å²) in [5.74, 6) is -0.428. The zero-order chi connectivity index (χ0) is 28.7. The number of nitrogens with zero attached hydrogens (tertiary/aromatic N) is 4. The zero-order valence-electron chi connectivity index (χ0n) is 23.2. The van der Waals surface area contributed by atoms with E-state index in [-0.39, 0.29) is 93.0 Å². The third-order valence-corrected chi connectivity index (χ3v) is 7.84. The molecule has 0 aliphatic rings. The molecule has 0 radical (unpaired) electrons. The second-order valence-corrected chi connectivity index (χ2v) is 11.6. The van der Waals surface area contributed by atoms with Crippen molar-refractivity contribution < 1.29 is 90.2 Å². The first kappa shape index (κ1) is 35.2. The third-order valence-electron chi connectivity index (χ3n) is 5.98. The largest absolute Gasteiger partial charge is 1.00 e. The molecule has 0 saturated carbocycles. The molecule has 15 heteroatoms. The molecule has 4 aromatic carbocycles. The Labute approximate surface area is 281 Å². The van der Waals surface area contributed by atoms with Crippen molar-refractivity contribution in [1.29, 1.82) is 0 Å². The SMILES string of the molecule is Cc1cc(C)c(N=Nc2cc(C)c(N=Nc3c([O-])ccc4ccccc34)c(S(=O)(=O)O)c2C)c(S(=O)(=O)[O-])c1.[Na+].[Na+]. The Morgan fingerprint density at radius 3 is 1.95 bits per heavy atom. The maximum atomic E-state index is 12.5. The predicted octanol–water partition coefficient (Wildman–Crippen LogP) is 0.137. The summed E-state index contributed by atoms with van der Waals surface area (Å²) in [5.41, 5.74) is 0.627. The first-order chi connectivity index (χ1) is 18.2. The fourth-order valence-corrected chi connectivity index (χ4v) is 5.89. The van der Waals surface area contributed by atoms with Crippen LogP contribution < -0.4 is 64.2 Å². The number of fused-ring (bicyclic) bond motifs is 1. The molecule has 202 valence electrons. The van der Waals surface area contributed by atoms with Crippen molar-refractivity contribution in [2.45, 2.75) is 37.5 Å². The minimum Gasteiger partial charge on any atom is -0.871 e. The standard InChI is InChI=1S/C26H24N4O7S2.2Na/c1-14-11-15(2)23(22(12-14)38(32,33)34)28-27-20-13-16(3)24(26(17(20)4)39(35,36)37)29-30-25-19-8-6-5-7-18(19)9-10-21(25)31;;/h5-13,31H,1-4H3,(H,32,33,34)(H,35,36,37);;/q;2*+1/p-2. The van der Waals surface area contributed by atoms with Crippen LogP contribution in [0, 0.1) is 27.7 Å². The molecule has 0 heterocycles. The van der Waals surface area contributed by atoms with Crippen LogP contribution in [0.1, 0.15) is 22.3 Å². The van der Waals surface area contributed by atoms with E-state index < -0.39 is 35.8 Å². The summed E-state index contributed by atoms with van der Waals surface area (Å²) >= 11 is 0. The molecule has 41 heavy (non-hydrogen) atoms. The molecule has 0 fully saturated rings. The fourth-order valence-electron chi connectivity index (χ4n) is 4.18. The van der Waals surface area contributed by atoms with Gasteiger partial charge in [-0.15, -0.1) is 10.2 Å². The number of rotatable bonds is 6. The summed E-state index contributed by atoms with van der Waals surface area (Å²) in [6.45, 7) is 6.02. The van der Waals surface area contributed by atoms with Crippen LogP contribution in [0.25, 0.3) is 10.8 Å². The summed E-state index contributed by atoms with van der Waals surface area (Å²) in [4.78, 5) is -1.17. The van der Waals surface area contributed by atoms with E-state index in [4.69, 9.17) is 0 Å². The summed E-state index contributed by atoms with van der Waals surface area (Å²) in [6.07, 6.45) is 0. The van der Waals surface area contributed by atoms with E-state index in [1.807, 2.05) is 0 Å². The molecule has 0 unspecified atom stereocenters. The van der Waals surface area contributed by atoms with Gasteiger partial charge in [0, 0.05) is 5.39 Å². The normalized spacial score (nSPS) is 12.0. The van der Waals surface area contributed by atoms with E-state index in [1.165, 1.54) is 32.0 Å². The summed E-state index contributed by atoms with van der Waals surface area (Å²) in [6, 6.07) is 14.1. The fraction of sp³-hybridized carbons (Fsp3) is 0.154. The average Bonchev–Trinajstić information content (AvgIpc) is 2.83. The maximum Gasteiger partial charge on any atom is 1.00 e. The van der Waals surface area contributed by atoms with Crippen molar-refractivity contribution in [3.63, 3.8) is 0 Å². The van der Waals surface area contributed by atoms with Crippen LogP contribution in [0.4, 0.5) is 22.7 Å². The Morgan fingerprint density at radius 1 is 0.732 bits per heavy atom. The Bertz CT molecular complexity index is 1930. The quantitative estimate of drug-likeness (QED) is 0.182. The number of aryl methyl sites for hydroxylation is 3. The van der Waals surface area contributed by atoms with Crippen LogP contribution in [0.2, 0.25) is 0 Å². The maximum absolute atomic E-state index is 12.5. The molecule has 4 aromatic rings. The van der Waals surface area contributed by atoms with Crippen LogP contribution >= 0.6 is 0 Å². The van der Waals surface area contributed by atoms with Gasteiger partial charge in [-0.25, -0.2) is 8.42 Å². The predicted molar refractivity (Wildman–Crippen MR) is 141 cm³/mol. The van der Waals surface area contributed by atoms with Gasteiger partial charge in [-0.2, -0.15) is 18.6 Å². The minimum absolute atomic E-state index is 0. The second-order valence-electron chi connectivity index (χ2n) is 8.91. The molecule has 1 N–H and O–H groups in total. The molecule has 11 nitrogen and oxygen atoms in total. The molecular formula is C26H22N4Na2O7S2. The van der Waals surface area contributed by atoms with E-state index in [0.717, 1.165) is 5.39 Å². The Morgan fingerprint density at radius 2 is 1.32 bits per heavy atom. The van der Waals surface area contributed by atoms with Crippen molar-refractivity contribution in [2.75, 3.05) is 0 Å². The van der Waals surface area contributed by atoms with E-state index in [9.17, 15) is 31.0 Å². The van der Waals surface area contributed by atoms with Gasteiger partial charge in [-0.1, -0.05) is 48.2 Å². The van der Waals surface area contributed by atoms with Crippen LogP contribution in [-0.4, -0.2) is 25.9 Å². The Hall–Kier alpha value is -2.04. The van der Waals surface area contributed by atoms with Gasteiger partial charge in [-0.3, -0.25) is 4.55 Å². The summed E-state index contributed by atoms with van der Waals surface area (Å²) in [5, 5.41) is 29.8. The first-order valence-corrected chi connectivity index (χ1v) is 14.2. The van der Waals surface area contributed by atoms with Crippen LogP contribution in [-0.2, 0) is 20.2 Å². The number of hydrogen-bond donors (Lipinski definition) is 1. The van der Waals surface area contributed by atoms with Crippen LogP contribution in [0.5, 0.6) is 5.75 Å². The number of azo groups is 2.